The first kappa shape index (κ1) is 17.5. The van der Waals surface area contributed by atoms with E-state index in [1.165, 1.54) is 36.9 Å². The Morgan fingerprint density at radius 2 is 2.00 bits per heavy atom. The Morgan fingerprint density at radius 3 is 2.58 bits per heavy atom. The smallest absolute Gasteiger partial charge is 0.368 e. The summed E-state index contributed by atoms with van der Waals surface area (Å²) in [5, 5.41) is 6.34. The largest absolute Gasteiger partial charge is 0.416 e. The maximum Gasteiger partial charge on any atom is 0.416 e. The second-order valence-corrected chi connectivity index (χ2v) is 5.20. The molecule has 0 saturated carbocycles. The molecule has 2 rings (SSSR count). The van der Waals surface area contributed by atoms with E-state index in [4.69, 9.17) is 5.73 Å². The van der Waals surface area contributed by atoms with Crippen molar-refractivity contribution in [2.75, 3.05) is 0 Å². The number of nitrogens with one attached hydrogen (secondary N) is 1. The van der Waals surface area contributed by atoms with Crippen LogP contribution in [0.3, 0.4) is 0 Å². The van der Waals surface area contributed by atoms with Gasteiger partial charge in [0.2, 0.25) is 5.91 Å². The Bertz CT molecular complexity index is 783. The van der Waals surface area contributed by atoms with Gasteiger partial charge in [-0.1, -0.05) is 6.07 Å². The van der Waals surface area contributed by atoms with E-state index in [2.05, 4.69) is 10.4 Å². The fraction of sp³-hybridized carbons (Fsp3) is 0.267. The van der Waals surface area contributed by atoms with Gasteiger partial charge in [-0.2, -0.15) is 18.3 Å². The van der Waals surface area contributed by atoms with Gasteiger partial charge < -0.3 is 11.1 Å². The fourth-order valence-electron chi connectivity index (χ4n) is 2.05. The number of nitrogens with two attached hydrogens (primary N) is 1. The van der Waals surface area contributed by atoms with Gasteiger partial charge in [-0.3, -0.25) is 9.59 Å². The standard InChI is InChI=1S/C15H15F3N4O2/c1-8(13(19)23)21-14(24)12-7-20-22(9(12)2)11-5-3-4-10(6-11)15(16,17)18/h3-8H,1-2H3,(H2,19,23)(H,21,24). The topological polar surface area (TPSA) is 90.0 Å². The number of benzene rings is 1. The average Bonchev–Trinajstić information content (AvgIpc) is 2.88. The highest BCUT2D eigenvalue weighted by molar-refractivity contribution is 5.97. The van der Waals surface area contributed by atoms with Crippen LogP contribution in [0, 0.1) is 6.92 Å². The lowest BCUT2D eigenvalue weighted by Gasteiger charge is -2.11. The Balaban J connectivity index is 2.34. The predicted molar refractivity (Wildman–Crippen MR) is 79.4 cm³/mol. The highest BCUT2D eigenvalue weighted by atomic mass is 19.4. The highest BCUT2D eigenvalue weighted by Crippen LogP contribution is 2.30. The van der Waals surface area contributed by atoms with Gasteiger partial charge in [-0.05, 0) is 32.0 Å². The van der Waals surface area contributed by atoms with Crippen LogP contribution in [0.2, 0.25) is 0 Å². The first-order valence-corrected chi connectivity index (χ1v) is 6.93. The van der Waals surface area contributed by atoms with Crippen molar-refractivity contribution in [3.05, 3.63) is 47.3 Å². The van der Waals surface area contributed by atoms with Crippen molar-refractivity contribution in [1.29, 1.82) is 0 Å². The molecule has 0 aliphatic carbocycles. The fourth-order valence-corrected chi connectivity index (χ4v) is 2.05. The molecule has 1 aromatic carbocycles. The molecule has 128 valence electrons. The Labute approximate surface area is 135 Å². The van der Waals surface area contributed by atoms with E-state index in [1.54, 1.807) is 0 Å². The Morgan fingerprint density at radius 1 is 1.33 bits per heavy atom. The number of alkyl halides is 3. The molecule has 0 radical (unpaired) electrons. The SMILES string of the molecule is Cc1c(C(=O)NC(C)C(N)=O)cnn1-c1cccc(C(F)(F)F)c1. The monoisotopic (exact) mass is 340 g/mol. The van der Waals surface area contributed by atoms with Gasteiger partial charge in [-0.25, -0.2) is 4.68 Å². The van der Waals surface area contributed by atoms with Gasteiger partial charge in [0.1, 0.15) is 6.04 Å². The molecule has 1 unspecified atom stereocenters. The number of halogens is 3. The molecule has 1 heterocycles. The van der Waals surface area contributed by atoms with Crippen LogP contribution in [0.15, 0.2) is 30.5 Å². The number of aromatic nitrogens is 2. The molecule has 2 aromatic rings. The van der Waals surface area contributed by atoms with Crippen LogP contribution >= 0.6 is 0 Å². The maximum absolute atomic E-state index is 12.8. The van der Waals surface area contributed by atoms with Crippen molar-refractivity contribution in [1.82, 2.24) is 15.1 Å². The van der Waals surface area contributed by atoms with Crippen molar-refractivity contribution in [2.24, 2.45) is 5.73 Å². The number of hydrogen-bond donors (Lipinski definition) is 2. The van der Waals surface area contributed by atoms with Gasteiger partial charge in [-0.15, -0.1) is 0 Å². The Hall–Kier alpha value is -2.84. The summed E-state index contributed by atoms with van der Waals surface area (Å²) in [6.07, 6.45) is -3.26. The number of hydrogen-bond acceptors (Lipinski definition) is 3. The lowest BCUT2D eigenvalue weighted by molar-refractivity contribution is -0.137. The summed E-state index contributed by atoms with van der Waals surface area (Å²) in [6, 6.07) is 3.71. The van der Waals surface area contributed by atoms with Crippen LogP contribution in [-0.2, 0) is 11.0 Å². The van der Waals surface area contributed by atoms with E-state index >= 15 is 0 Å². The zero-order valence-electron chi connectivity index (χ0n) is 12.9. The van der Waals surface area contributed by atoms with Crippen molar-refractivity contribution < 1.29 is 22.8 Å². The van der Waals surface area contributed by atoms with Gasteiger partial charge in [0, 0.05) is 0 Å². The molecule has 3 N–H and O–H groups in total. The van der Waals surface area contributed by atoms with Crippen molar-refractivity contribution in [3.63, 3.8) is 0 Å². The third-order valence-electron chi connectivity index (χ3n) is 3.45. The molecule has 0 spiro atoms. The Kier molecular flexibility index (Phi) is 4.63. The van der Waals surface area contributed by atoms with Crippen molar-refractivity contribution in [3.8, 4) is 5.69 Å². The molecule has 0 aliphatic rings. The summed E-state index contributed by atoms with van der Waals surface area (Å²) in [5.74, 6) is -1.29. The van der Waals surface area contributed by atoms with Crippen LogP contribution in [0.4, 0.5) is 13.2 Å². The van der Waals surface area contributed by atoms with Crippen LogP contribution in [0.25, 0.3) is 5.69 Å². The minimum Gasteiger partial charge on any atom is -0.368 e. The predicted octanol–water partition coefficient (Wildman–Crippen LogP) is 1.80. The molecular weight excluding hydrogens is 325 g/mol. The van der Waals surface area contributed by atoms with Crippen LogP contribution in [0.1, 0.15) is 28.5 Å². The van der Waals surface area contributed by atoms with E-state index in [0.29, 0.717) is 5.69 Å². The number of primary amides is 1. The first-order chi connectivity index (χ1) is 11.1. The summed E-state index contributed by atoms with van der Waals surface area (Å²) < 4.78 is 39.6. The van der Waals surface area contributed by atoms with Gasteiger partial charge >= 0.3 is 6.18 Å². The van der Waals surface area contributed by atoms with Crippen molar-refractivity contribution >= 4 is 11.8 Å². The quantitative estimate of drug-likeness (QED) is 0.889. The molecule has 9 heteroatoms. The van der Waals surface area contributed by atoms with Crippen LogP contribution < -0.4 is 11.1 Å². The minimum atomic E-state index is -4.48. The number of nitrogens with zero attached hydrogens (tertiary/aromatic N) is 2. The third kappa shape index (κ3) is 3.55. The van der Waals surface area contributed by atoms with Crippen LogP contribution in [-0.4, -0.2) is 27.6 Å². The third-order valence-corrected chi connectivity index (χ3v) is 3.45. The maximum atomic E-state index is 12.8. The second-order valence-electron chi connectivity index (χ2n) is 5.20. The lowest BCUT2D eigenvalue weighted by Crippen LogP contribution is -2.42. The molecule has 0 fully saturated rings. The summed E-state index contributed by atoms with van der Waals surface area (Å²) in [6.45, 7) is 2.96. The highest BCUT2D eigenvalue weighted by Gasteiger charge is 2.30. The van der Waals surface area contributed by atoms with Gasteiger partial charge in [0.25, 0.3) is 5.91 Å². The summed E-state index contributed by atoms with van der Waals surface area (Å²) in [7, 11) is 0. The number of amides is 2. The van der Waals surface area contributed by atoms with E-state index in [0.717, 1.165) is 12.1 Å². The molecule has 2 amide bonds. The normalized spacial score (nSPS) is 12.7. The second kappa shape index (κ2) is 6.34. The van der Waals surface area contributed by atoms with E-state index in [9.17, 15) is 22.8 Å². The summed E-state index contributed by atoms with van der Waals surface area (Å²) in [5.41, 5.74) is 4.90. The number of rotatable bonds is 4. The van der Waals surface area contributed by atoms with Crippen LogP contribution in [0.5, 0.6) is 0 Å². The summed E-state index contributed by atoms with van der Waals surface area (Å²) in [4.78, 5) is 23.1. The van der Waals surface area contributed by atoms with Gasteiger partial charge in [0.05, 0.1) is 28.7 Å². The van der Waals surface area contributed by atoms with Gasteiger partial charge in [0.15, 0.2) is 0 Å². The lowest BCUT2D eigenvalue weighted by atomic mass is 10.2. The summed E-state index contributed by atoms with van der Waals surface area (Å²) >= 11 is 0. The molecular formula is C15H15F3N4O2. The number of carbonyl (C=O) groups excluding carboxylic acids is 2. The zero-order chi connectivity index (χ0) is 18.1. The molecule has 1 atom stereocenters. The molecule has 0 bridgehead atoms. The first-order valence-electron chi connectivity index (χ1n) is 6.93. The minimum absolute atomic E-state index is 0.139. The molecule has 0 saturated heterocycles. The average molecular weight is 340 g/mol. The molecule has 1 aromatic heterocycles. The molecule has 6 nitrogen and oxygen atoms in total. The van der Waals surface area contributed by atoms with E-state index < -0.39 is 29.6 Å². The van der Waals surface area contributed by atoms with Crippen molar-refractivity contribution in [2.45, 2.75) is 26.1 Å². The zero-order valence-corrected chi connectivity index (χ0v) is 12.9. The molecule has 0 aliphatic heterocycles. The van der Waals surface area contributed by atoms with E-state index in [1.807, 2.05) is 0 Å². The molecule has 24 heavy (non-hydrogen) atoms. The van der Waals surface area contributed by atoms with E-state index in [-0.39, 0.29) is 11.3 Å². The number of carbonyl (C=O) groups is 2.